The number of aromatic nitrogens is 2. The molecular weight excluding hydrogens is 417 g/mol. The highest BCUT2D eigenvalue weighted by Gasteiger charge is 2.45. The summed E-state index contributed by atoms with van der Waals surface area (Å²) in [6.45, 7) is 0.748. The van der Waals surface area contributed by atoms with Gasteiger partial charge in [0.1, 0.15) is 5.60 Å². The van der Waals surface area contributed by atoms with Gasteiger partial charge in [-0.2, -0.15) is 18.3 Å². The van der Waals surface area contributed by atoms with Crippen molar-refractivity contribution in [2.24, 2.45) is 5.16 Å². The van der Waals surface area contributed by atoms with Crippen LogP contribution in [0.25, 0.3) is 5.69 Å². The van der Waals surface area contributed by atoms with Gasteiger partial charge in [0.2, 0.25) is 0 Å². The Balaban J connectivity index is 1.41. The molecule has 1 fully saturated rings. The molecule has 0 bridgehead atoms. The topological polar surface area (TPSA) is 86.0 Å². The normalized spacial score (nSPS) is 17.9. The molecule has 1 aromatic heterocycles. The second kappa shape index (κ2) is 7.71. The predicted molar refractivity (Wildman–Crippen MR) is 102 cm³/mol. The quantitative estimate of drug-likeness (QED) is 0.691. The average molecular weight is 436 g/mol. The lowest BCUT2D eigenvalue weighted by molar-refractivity contribution is -0.137. The number of halogens is 3. The summed E-state index contributed by atoms with van der Waals surface area (Å²) < 4.78 is 44.7. The molecule has 164 valence electrons. The number of esters is 1. The maximum atomic E-state index is 12.9. The molecule has 2 aliphatic rings. The molecule has 11 heteroatoms. The number of piperidine rings is 1. The highest BCUT2D eigenvalue weighted by atomic mass is 19.4. The number of ether oxygens (including phenoxy) is 1. The van der Waals surface area contributed by atoms with Crippen LogP contribution in [0.5, 0.6) is 0 Å². The lowest BCUT2D eigenvalue weighted by Gasteiger charge is -2.36. The molecule has 1 aromatic carbocycles. The molecule has 2 aromatic rings. The number of oxime groups is 1. The van der Waals surface area contributed by atoms with Gasteiger partial charge in [0.15, 0.2) is 11.4 Å². The maximum Gasteiger partial charge on any atom is 0.416 e. The molecule has 3 heterocycles. The number of nitrogens with zero attached hydrogens (tertiary/aromatic N) is 4. The number of amides is 1. The minimum atomic E-state index is -4.47. The number of hydrogen-bond acceptors (Lipinski definition) is 6. The van der Waals surface area contributed by atoms with Crippen LogP contribution in [-0.4, -0.2) is 58.1 Å². The summed E-state index contributed by atoms with van der Waals surface area (Å²) >= 11 is 0. The Bertz CT molecular complexity index is 1040. The Morgan fingerprint density at radius 1 is 1.19 bits per heavy atom. The van der Waals surface area contributed by atoms with E-state index in [2.05, 4.69) is 15.0 Å². The summed E-state index contributed by atoms with van der Waals surface area (Å²) in [5, 5.41) is 7.97. The van der Waals surface area contributed by atoms with Gasteiger partial charge in [-0.15, -0.1) is 0 Å². The fraction of sp³-hybridized carbons (Fsp3) is 0.400. The fourth-order valence-corrected chi connectivity index (χ4v) is 3.70. The molecule has 1 spiro atoms. The minimum absolute atomic E-state index is 0.132. The van der Waals surface area contributed by atoms with Crippen LogP contribution in [0.1, 0.15) is 35.3 Å². The first-order valence-electron chi connectivity index (χ1n) is 9.57. The van der Waals surface area contributed by atoms with Gasteiger partial charge in [-0.3, -0.25) is 4.79 Å². The summed E-state index contributed by atoms with van der Waals surface area (Å²) in [6.07, 6.45) is -1.73. The number of carbonyl (C=O) groups excluding carboxylic acids is 2. The second-order valence-corrected chi connectivity index (χ2v) is 7.47. The van der Waals surface area contributed by atoms with E-state index in [4.69, 9.17) is 4.84 Å². The third kappa shape index (κ3) is 4.12. The molecule has 1 amide bonds. The molecule has 0 saturated carbocycles. The van der Waals surface area contributed by atoms with E-state index >= 15 is 0 Å². The summed E-state index contributed by atoms with van der Waals surface area (Å²) in [4.78, 5) is 31.5. The van der Waals surface area contributed by atoms with E-state index in [0.717, 1.165) is 12.1 Å². The van der Waals surface area contributed by atoms with Crippen LogP contribution >= 0.6 is 0 Å². The van der Waals surface area contributed by atoms with Crippen LogP contribution in [0.2, 0.25) is 0 Å². The van der Waals surface area contributed by atoms with Gasteiger partial charge in [0.05, 0.1) is 18.4 Å². The number of benzene rings is 1. The first kappa shape index (κ1) is 20.9. The van der Waals surface area contributed by atoms with E-state index in [1.165, 1.54) is 36.2 Å². The molecule has 31 heavy (non-hydrogen) atoms. The molecule has 0 radical (unpaired) electrons. The van der Waals surface area contributed by atoms with E-state index in [1.54, 1.807) is 4.90 Å². The van der Waals surface area contributed by atoms with Crippen LogP contribution in [-0.2, 0) is 20.5 Å². The van der Waals surface area contributed by atoms with Crippen LogP contribution in [0.4, 0.5) is 13.2 Å². The molecule has 0 atom stereocenters. The number of likely N-dealkylation sites (tertiary alicyclic amines) is 1. The molecule has 0 unspecified atom stereocenters. The van der Waals surface area contributed by atoms with Crippen molar-refractivity contribution in [1.82, 2.24) is 14.7 Å². The van der Waals surface area contributed by atoms with Gasteiger partial charge < -0.3 is 14.5 Å². The van der Waals surface area contributed by atoms with E-state index in [-0.39, 0.29) is 23.0 Å². The summed E-state index contributed by atoms with van der Waals surface area (Å²) in [7, 11) is 1.27. The van der Waals surface area contributed by atoms with E-state index in [1.807, 2.05) is 0 Å². The number of hydrogen-bond donors (Lipinski definition) is 0. The monoisotopic (exact) mass is 436 g/mol. The first-order valence-corrected chi connectivity index (χ1v) is 9.57. The van der Waals surface area contributed by atoms with Crippen LogP contribution in [0, 0.1) is 0 Å². The van der Waals surface area contributed by atoms with Crippen molar-refractivity contribution in [2.75, 3.05) is 20.2 Å². The van der Waals surface area contributed by atoms with Gasteiger partial charge in [0, 0.05) is 38.5 Å². The molecule has 4 rings (SSSR count). The van der Waals surface area contributed by atoms with Crippen LogP contribution < -0.4 is 0 Å². The van der Waals surface area contributed by atoms with Crippen molar-refractivity contribution >= 4 is 17.6 Å². The van der Waals surface area contributed by atoms with Crippen LogP contribution in [0.3, 0.4) is 0 Å². The Hall–Kier alpha value is -3.37. The molecular formula is C20H19F3N4O4. The van der Waals surface area contributed by atoms with Gasteiger partial charge in [0.25, 0.3) is 5.91 Å². The largest absolute Gasteiger partial charge is 0.464 e. The lowest BCUT2D eigenvalue weighted by atomic mass is 9.87. The van der Waals surface area contributed by atoms with Crippen molar-refractivity contribution in [2.45, 2.75) is 31.0 Å². The SMILES string of the molecule is COC(=O)C1=NOC2(CCN(C(=O)c3ccn(-c4cccc(C(F)(F)F)c4)n3)CC2)C1. The van der Waals surface area contributed by atoms with E-state index < -0.39 is 23.3 Å². The summed E-state index contributed by atoms with van der Waals surface area (Å²) in [5.41, 5.74) is -0.857. The molecule has 0 N–H and O–H groups in total. The van der Waals surface area contributed by atoms with Crippen molar-refractivity contribution < 1.29 is 32.3 Å². The summed E-state index contributed by atoms with van der Waals surface area (Å²) in [6, 6.07) is 6.19. The van der Waals surface area contributed by atoms with Gasteiger partial charge in [-0.1, -0.05) is 11.2 Å². The Labute approximate surface area is 175 Å². The van der Waals surface area contributed by atoms with Gasteiger partial charge in [-0.05, 0) is 24.3 Å². The standard InChI is InChI=1S/C20H19F3N4O4/c1-30-18(29)16-12-19(31-25-16)6-9-26(10-7-19)17(28)15-5-8-27(24-15)14-4-2-3-13(11-14)20(21,22)23/h2-5,8,11H,6-7,9-10,12H2,1H3. The lowest BCUT2D eigenvalue weighted by Crippen LogP contribution is -2.47. The smallest absolute Gasteiger partial charge is 0.416 e. The predicted octanol–water partition coefficient (Wildman–Crippen LogP) is 2.82. The van der Waals surface area contributed by atoms with Crippen molar-refractivity contribution in [3.63, 3.8) is 0 Å². The fourth-order valence-electron chi connectivity index (χ4n) is 3.70. The molecule has 1 saturated heterocycles. The number of carbonyl (C=O) groups is 2. The minimum Gasteiger partial charge on any atom is -0.464 e. The zero-order valence-corrected chi connectivity index (χ0v) is 16.6. The van der Waals surface area contributed by atoms with E-state index in [0.29, 0.717) is 32.4 Å². The second-order valence-electron chi connectivity index (χ2n) is 7.47. The number of methoxy groups -OCH3 is 1. The van der Waals surface area contributed by atoms with Crippen LogP contribution in [0.15, 0.2) is 41.7 Å². The Morgan fingerprint density at radius 2 is 1.94 bits per heavy atom. The summed E-state index contributed by atoms with van der Waals surface area (Å²) in [5.74, 6) is -0.858. The van der Waals surface area contributed by atoms with E-state index in [9.17, 15) is 22.8 Å². The highest BCUT2D eigenvalue weighted by Crippen LogP contribution is 2.35. The molecule has 8 nitrogen and oxygen atoms in total. The zero-order valence-electron chi connectivity index (χ0n) is 16.6. The maximum absolute atomic E-state index is 12.9. The third-order valence-corrected chi connectivity index (χ3v) is 5.47. The Kier molecular flexibility index (Phi) is 5.19. The molecule has 2 aliphatic heterocycles. The van der Waals surface area contributed by atoms with Gasteiger partial charge in [-0.25, -0.2) is 9.48 Å². The van der Waals surface area contributed by atoms with Crippen molar-refractivity contribution in [1.29, 1.82) is 0 Å². The first-order chi connectivity index (χ1) is 14.7. The number of rotatable bonds is 3. The average Bonchev–Trinajstić information content (AvgIpc) is 3.41. The van der Waals surface area contributed by atoms with Gasteiger partial charge >= 0.3 is 12.1 Å². The van der Waals surface area contributed by atoms with Crippen molar-refractivity contribution in [3.05, 3.63) is 47.8 Å². The van der Waals surface area contributed by atoms with Crippen molar-refractivity contribution in [3.8, 4) is 5.69 Å². The third-order valence-electron chi connectivity index (χ3n) is 5.47. The number of alkyl halides is 3. The zero-order chi connectivity index (χ0) is 22.2. The highest BCUT2D eigenvalue weighted by molar-refractivity contribution is 6.36. The Morgan fingerprint density at radius 3 is 2.61 bits per heavy atom. The molecule has 0 aliphatic carbocycles.